The molecule has 1 aliphatic heterocycles. The number of anilines is 2. The zero-order valence-electron chi connectivity index (χ0n) is 12.0. The molecule has 2 aromatic rings. The summed E-state index contributed by atoms with van der Waals surface area (Å²) in [5, 5.41) is 0. The third kappa shape index (κ3) is 2.70. The molecule has 102 valence electrons. The van der Waals surface area contributed by atoms with Crippen molar-refractivity contribution in [3.63, 3.8) is 0 Å². The van der Waals surface area contributed by atoms with E-state index in [2.05, 4.69) is 82.2 Å². The maximum absolute atomic E-state index is 2.62. The summed E-state index contributed by atoms with van der Waals surface area (Å²) < 4.78 is 5.24. The number of nitrogens with zero attached hydrogens (tertiary/aromatic N) is 2. The molecule has 20 heavy (non-hydrogen) atoms. The second-order valence-corrected chi connectivity index (χ2v) is 7.89. The van der Waals surface area contributed by atoms with Gasteiger partial charge in [-0.1, -0.05) is 0 Å². The molecule has 1 heterocycles. The molecule has 1 fully saturated rings. The van der Waals surface area contributed by atoms with Gasteiger partial charge >= 0.3 is 128 Å². The van der Waals surface area contributed by atoms with Gasteiger partial charge in [-0.3, -0.25) is 0 Å². The Morgan fingerprint density at radius 1 is 0.750 bits per heavy atom. The van der Waals surface area contributed by atoms with E-state index < -0.39 is 0 Å². The molecule has 2 radical (unpaired) electrons. The Morgan fingerprint density at radius 2 is 1.15 bits per heavy atom. The maximum atomic E-state index is 2.62. The van der Waals surface area contributed by atoms with Crippen LogP contribution in [0.5, 0.6) is 0 Å². The number of para-hydroxylation sites is 2. The summed E-state index contributed by atoms with van der Waals surface area (Å²) in [5.74, 6) is 0. The molecule has 0 aliphatic carbocycles. The van der Waals surface area contributed by atoms with Crippen molar-refractivity contribution in [1.29, 1.82) is 0 Å². The molecule has 2 nitrogen and oxygen atoms in total. The minimum atomic E-state index is -0.344. The molecular weight excluding hydrogens is 305 g/mol. The minimum absolute atomic E-state index is 0.344. The molecule has 0 bridgehead atoms. The fourth-order valence-electron chi connectivity index (χ4n) is 2.82. The third-order valence-electron chi connectivity index (χ3n) is 3.85. The van der Waals surface area contributed by atoms with Crippen LogP contribution >= 0.6 is 0 Å². The average Bonchev–Trinajstić information content (AvgIpc) is 2.49. The van der Waals surface area contributed by atoms with Gasteiger partial charge in [-0.25, -0.2) is 0 Å². The van der Waals surface area contributed by atoms with Crippen molar-refractivity contribution in [3.8, 4) is 0 Å². The van der Waals surface area contributed by atoms with E-state index in [0.717, 1.165) is 0 Å². The second kappa shape index (κ2) is 5.92. The summed E-state index contributed by atoms with van der Waals surface area (Å²) >= 11 is -0.344. The van der Waals surface area contributed by atoms with E-state index in [1.807, 2.05) is 0 Å². The SMILES string of the molecule is CC1CC(C)[N](c2ccccc2)[Ge][N]1c1ccccc1. The predicted octanol–water partition coefficient (Wildman–Crippen LogP) is 3.71. The molecule has 0 amide bonds. The Kier molecular flexibility index (Phi) is 4.01. The number of hydrogen-bond acceptors (Lipinski definition) is 2. The van der Waals surface area contributed by atoms with Crippen molar-refractivity contribution in [3.05, 3.63) is 60.7 Å². The first kappa shape index (κ1) is 13.6. The molecule has 2 atom stereocenters. The first-order chi connectivity index (χ1) is 9.75. The topological polar surface area (TPSA) is 6.48 Å². The summed E-state index contributed by atoms with van der Waals surface area (Å²) in [6, 6.07) is 22.9. The van der Waals surface area contributed by atoms with E-state index in [-0.39, 0.29) is 15.9 Å². The molecule has 2 unspecified atom stereocenters. The van der Waals surface area contributed by atoms with E-state index in [9.17, 15) is 0 Å². The van der Waals surface area contributed by atoms with E-state index in [0.29, 0.717) is 12.1 Å². The number of rotatable bonds is 2. The van der Waals surface area contributed by atoms with Gasteiger partial charge in [0.25, 0.3) is 0 Å². The summed E-state index contributed by atoms with van der Waals surface area (Å²) in [6.45, 7) is 4.71. The monoisotopic (exact) mass is 326 g/mol. The molecule has 3 heteroatoms. The summed E-state index contributed by atoms with van der Waals surface area (Å²) in [6.07, 6.45) is 1.22. The zero-order chi connectivity index (χ0) is 13.9. The standard InChI is InChI=1S/C17H20GeN2/c1-14-13-15(2)20(17-11-7-4-8-12-17)18-19(14)16-9-5-3-6-10-16/h3-12,14-15H,13H2,1-2H3. The molecule has 1 saturated heterocycles. The quantitative estimate of drug-likeness (QED) is 0.777. The van der Waals surface area contributed by atoms with Gasteiger partial charge in [0.05, 0.1) is 0 Å². The second-order valence-electron chi connectivity index (χ2n) is 5.44. The Morgan fingerprint density at radius 3 is 1.55 bits per heavy atom. The first-order valence-electron chi connectivity index (χ1n) is 7.20. The van der Waals surface area contributed by atoms with Gasteiger partial charge in [-0.2, -0.15) is 0 Å². The molecule has 0 aromatic heterocycles. The van der Waals surface area contributed by atoms with Crippen LogP contribution in [-0.2, 0) is 0 Å². The van der Waals surface area contributed by atoms with Crippen LogP contribution < -0.4 is 7.71 Å². The number of hydrogen-bond donors (Lipinski definition) is 0. The van der Waals surface area contributed by atoms with Gasteiger partial charge in [0.1, 0.15) is 0 Å². The molecule has 0 N–H and O–H groups in total. The van der Waals surface area contributed by atoms with E-state index in [4.69, 9.17) is 0 Å². The first-order valence-corrected chi connectivity index (χ1v) is 9.08. The van der Waals surface area contributed by atoms with Crippen LogP contribution in [0.2, 0.25) is 0 Å². The van der Waals surface area contributed by atoms with E-state index in [1.165, 1.54) is 17.8 Å². The Hall–Kier alpha value is -1.42. The number of benzene rings is 2. The van der Waals surface area contributed by atoms with Crippen molar-refractivity contribution in [2.75, 3.05) is 7.71 Å². The fourth-order valence-corrected chi connectivity index (χ4v) is 5.69. The fraction of sp³-hybridized carbons (Fsp3) is 0.294. The van der Waals surface area contributed by atoms with Crippen LogP contribution in [0, 0.1) is 0 Å². The van der Waals surface area contributed by atoms with Gasteiger partial charge in [-0.05, 0) is 0 Å². The molecular formula is C17H20GeN2. The van der Waals surface area contributed by atoms with Crippen LogP contribution in [0.1, 0.15) is 20.3 Å². The predicted molar refractivity (Wildman–Crippen MR) is 87.1 cm³/mol. The van der Waals surface area contributed by atoms with Crippen molar-refractivity contribution in [1.82, 2.24) is 0 Å². The Labute approximate surface area is 128 Å². The molecule has 2 aromatic carbocycles. The van der Waals surface area contributed by atoms with Crippen molar-refractivity contribution in [2.45, 2.75) is 32.4 Å². The van der Waals surface area contributed by atoms with Gasteiger partial charge in [0.15, 0.2) is 0 Å². The zero-order valence-corrected chi connectivity index (χ0v) is 14.1. The van der Waals surface area contributed by atoms with Crippen molar-refractivity contribution >= 4 is 27.3 Å². The van der Waals surface area contributed by atoms with Crippen LogP contribution in [0.4, 0.5) is 11.4 Å². The Balaban J connectivity index is 1.87. The average molecular weight is 325 g/mol. The van der Waals surface area contributed by atoms with E-state index >= 15 is 0 Å². The summed E-state index contributed by atoms with van der Waals surface area (Å²) in [7, 11) is 0. The van der Waals surface area contributed by atoms with Gasteiger partial charge in [-0.15, -0.1) is 0 Å². The van der Waals surface area contributed by atoms with E-state index in [1.54, 1.807) is 0 Å². The van der Waals surface area contributed by atoms with Crippen molar-refractivity contribution in [2.24, 2.45) is 0 Å². The van der Waals surface area contributed by atoms with Gasteiger partial charge < -0.3 is 0 Å². The normalized spacial score (nSPS) is 22.9. The van der Waals surface area contributed by atoms with Crippen LogP contribution in [0.25, 0.3) is 0 Å². The van der Waals surface area contributed by atoms with Crippen LogP contribution in [0.15, 0.2) is 60.7 Å². The van der Waals surface area contributed by atoms with Crippen molar-refractivity contribution < 1.29 is 0 Å². The molecule has 3 rings (SSSR count). The Bertz CT molecular complexity index is 494. The third-order valence-corrected chi connectivity index (χ3v) is 7.69. The summed E-state index contributed by atoms with van der Waals surface area (Å²) in [5.41, 5.74) is 2.74. The van der Waals surface area contributed by atoms with Crippen LogP contribution in [0.3, 0.4) is 0 Å². The molecule has 0 spiro atoms. The van der Waals surface area contributed by atoms with Crippen LogP contribution in [-0.4, -0.2) is 28.0 Å². The summed E-state index contributed by atoms with van der Waals surface area (Å²) in [4.78, 5) is 0. The van der Waals surface area contributed by atoms with Gasteiger partial charge in [0.2, 0.25) is 0 Å². The molecule has 1 aliphatic rings. The molecule has 0 saturated carbocycles. The van der Waals surface area contributed by atoms with Gasteiger partial charge in [0, 0.05) is 0 Å².